The van der Waals surface area contributed by atoms with Crippen molar-refractivity contribution in [1.82, 2.24) is 5.32 Å². The van der Waals surface area contributed by atoms with E-state index in [1.165, 1.54) is 0 Å². The van der Waals surface area contributed by atoms with Crippen molar-refractivity contribution in [1.29, 1.82) is 0 Å². The van der Waals surface area contributed by atoms with Crippen LogP contribution >= 0.6 is 0 Å². The molecule has 1 atom stereocenters. The highest BCUT2D eigenvalue weighted by molar-refractivity contribution is 5.78. The number of carbonyl (C=O) groups is 1. The van der Waals surface area contributed by atoms with Crippen LogP contribution in [-0.4, -0.2) is 25.2 Å². The second kappa shape index (κ2) is 6.89. The Morgan fingerprint density at radius 2 is 2.08 bits per heavy atom. The Balaban J connectivity index is 0. The molecule has 0 spiro atoms. The summed E-state index contributed by atoms with van der Waals surface area (Å²) in [7, 11) is 0. The number of carbonyl (C=O) groups excluding carboxylic acids is 1. The first-order valence-corrected chi connectivity index (χ1v) is 4.97. The van der Waals surface area contributed by atoms with Crippen LogP contribution in [0, 0.1) is 5.92 Å². The van der Waals surface area contributed by atoms with E-state index in [2.05, 4.69) is 5.32 Å². The molecule has 0 aromatic heterocycles. The van der Waals surface area contributed by atoms with Gasteiger partial charge < -0.3 is 10.1 Å². The highest BCUT2D eigenvalue weighted by Crippen LogP contribution is 1.98. The van der Waals surface area contributed by atoms with Crippen molar-refractivity contribution in [2.45, 2.75) is 40.2 Å². The Labute approximate surface area is 82.3 Å². The van der Waals surface area contributed by atoms with Crippen molar-refractivity contribution in [3.05, 3.63) is 0 Å². The predicted octanol–water partition coefficient (Wildman–Crippen LogP) is 1.82. The van der Waals surface area contributed by atoms with E-state index in [-0.39, 0.29) is 19.4 Å². The SMILES string of the molecule is CCC(C)C(=O)NCCOC(C)C.[HH]. The summed E-state index contributed by atoms with van der Waals surface area (Å²) in [6.07, 6.45) is 1.12. The summed E-state index contributed by atoms with van der Waals surface area (Å²) in [5, 5.41) is 2.82. The molecule has 0 bridgehead atoms. The van der Waals surface area contributed by atoms with Gasteiger partial charge in [-0.15, -0.1) is 0 Å². The molecule has 1 N–H and O–H groups in total. The second-order valence-corrected chi connectivity index (χ2v) is 3.52. The minimum Gasteiger partial charge on any atom is -0.377 e. The Morgan fingerprint density at radius 1 is 1.46 bits per heavy atom. The van der Waals surface area contributed by atoms with Gasteiger partial charge in [0.15, 0.2) is 0 Å². The third-order valence-electron chi connectivity index (χ3n) is 1.91. The Morgan fingerprint density at radius 3 is 2.54 bits per heavy atom. The van der Waals surface area contributed by atoms with Gasteiger partial charge in [-0.05, 0) is 20.3 Å². The lowest BCUT2D eigenvalue weighted by molar-refractivity contribution is -0.124. The molecule has 0 fully saturated rings. The molecular weight excluding hydrogens is 166 g/mol. The van der Waals surface area contributed by atoms with Gasteiger partial charge in [-0.1, -0.05) is 13.8 Å². The van der Waals surface area contributed by atoms with E-state index in [0.29, 0.717) is 13.2 Å². The van der Waals surface area contributed by atoms with E-state index in [4.69, 9.17) is 4.74 Å². The first kappa shape index (κ1) is 12.4. The fourth-order valence-electron chi connectivity index (χ4n) is 0.828. The normalized spacial score (nSPS) is 13.0. The molecule has 1 amide bonds. The molecule has 0 aliphatic rings. The zero-order valence-corrected chi connectivity index (χ0v) is 9.09. The van der Waals surface area contributed by atoms with Crippen LogP contribution in [0.2, 0.25) is 0 Å². The minimum atomic E-state index is 0. The molecule has 13 heavy (non-hydrogen) atoms. The first-order valence-electron chi connectivity index (χ1n) is 4.97. The van der Waals surface area contributed by atoms with Crippen LogP contribution < -0.4 is 5.32 Å². The van der Waals surface area contributed by atoms with E-state index >= 15 is 0 Å². The van der Waals surface area contributed by atoms with Gasteiger partial charge in [0, 0.05) is 13.9 Å². The van der Waals surface area contributed by atoms with Crippen molar-refractivity contribution in [3.8, 4) is 0 Å². The number of nitrogens with one attached hydrogen (secondary N) is 1. The Bertz CT molecular complexity index is 151. The highest BCUT2D eigenvalue weighted by Gasteiger charge is 2.08. The van der Waals surface area contributed by atoms with Crippen molar-refractivity contribution in [2.24, 2.45) is 5.92 Å². The maximum atomic E-state index is 11.3. The van der Waals surface area contributed by atoms with E-state index in [0.717, 1.165) is 6.42 Å². The molecule has 0 aliphatic heterocycles. The van der Waals surface area contributed by atoms with Crippen molar-refractivity contribution in [2.75, 3.05) is 13.2 Å². The molecular formula is C10H23NO2. The van der Waals surface area contributed by atoms with Gasteiger partial charge in [-0.25, -0.2) is 0 Å². The zero-order chi connectivity index (χ0) is 10.3. The monoisotopic (exact) mass is 189 g/mol. The minimum absolute atomic E-state index is 0. The molecule has 3 heteroatoms. The van der Waals surface area contributed by atoms with Gasteiger partial charge in [-0.3, -0.25) is 4.79 Å². The molecule has 0 aromatic rings. The second-order valence-electron chi connectivity index (χ2n) is 3.52. The Kier molecular flexibility index (Phi) is 6.59. The zero-order valence-electron chi connectivity index (χ0n) is 9.09. The van der Waals surface area contributed by atoms with Crippen LogP contribution in [0.5, 0.6) is 0 Å². The average Bonchev–Trinajstić information content (AvgIpc) is 2.10. The quantitative estimate of drug-likeness (QED) is 0.647. The summed E-state index contributed by atoms with van der Waals surface area (Å²) in [5.41, 5.74) is 0. The van der Waals surface area contributed by atoms with Crippen LogP contribution in [0.3, 0.4) is 0 Å². The van der Waals surface area contributed by atoms with Crippen LogP contribution in [0.15, 0.2) is 0 Å². The van der Waals surface area contributed by atoms with E-state index in [9.17, 15) is 4.79 Å². The maximum absolute atomic E-state index is 11.3. The van der Waals surface area contributed by atoms with Crippen molar-refractivity contribution >= 4 is 5.91 Å². The summed E-state index contributed by atoms with van der Waals surface area (Å²) in [4.78, 5) is 11.3. The molecule has 0 radical (unpaired) electrons. The molecule has 0 heterocycles. The van der Waals surface area contributed by atoms with Crippen LogP contribution in [0.4, 0.5) is 0 Å². The number of hydrogen-bond acceptors (Lipinski definition) is 2. The molecule has 3 nitrogen and oxygen atoms in total. The fraction of sp³-hybridized carbons (Fsp3) is 0.900. The van der Waals surface area contributed by atoms with Crippen LogP contribution in [0.1, 0.15) is 35.5 Å². The topological polar surface area (TPSA) is 38.3 Å². The maximum Gasteiger partial charge on any atom is 0.222 e. The predicted molar refractivity (Wildman–Crippen MR) is 55.7 cm³/mol. The lowest BCUT2D eigenvalue weighted by Gasteiger charge is -2.11. The van der Waals surface area contributed by atoms with Gasteiger partial charge in [0.1, 0.15) is 0 Å². The third kappa shape index (κ3) is 6.58. The largest absolute Gasteiger partial charge is 0.377 e. The smallest absolute Gasteiger partial charge is 0.222 e. The van der Waals surface area contributed by atoms with Gasteiger partial charge in [0.25, 0.3) is 0 Å². The molecule has 0 saturated carbocycles. The number of ether oxygens (including phenoxy) is 1. The van der Waals surface area contributed by atoms with Gasteiger partial charge in [0.2, 0.25) is 5.91 Å². The summed E-state index contributed by atoms with van der Waals surface area (Å²) in [6.45, 7) is 9.11. The number of amides is 1. The molecule has 0 saturated heterocycles. The first-order chi connectivity index (χ1) is 6.07. The Hall–Kier alpha value is -0.570. The van der Waals surface area contributed by atoms with E-state index in [1.807, 2.05) is 27.7 Å². The fourth-order valence-corrected chi connectivity index (χ4v) is 0.828. The number of rotatable bonds is 6. The molecule has 80 valence electrons. The van der Waals surface area contributed by atoms with Crippen molar-refractivity contribution < 1.29 is 11.0 Å². The lowest BCUT2D eigenvalue weighted by Crippen LogP contribution is -2.32. The van der Waals surface area contributed by atoms with Crippen molar-refractivity contribution in [3.63, 3.8) is 0 Å². The van der Waals surface area contributed by atoms with Gasteiger partial charge >= 0.3 is 0 Å². The van der Waals surface area contributed by atoms with E-state index < -0.39 is 0 Å². The summed E-state index contributed by atoms with van der Waals surface area (Å²) < 4.78 is 5.29. The standard InChI is InChI=1S/C10H21NO2.H2/c1-5-9(4)10(12)11-6-7-13-8(2)3;/h8-9H,5-7H2,1-4H3,(H,11,12);1H. The summed E-state index contributed by atoms with van der Waals surface area (Å²) in [6, 6.07) is 0. The van der Waals surface area contributed by atoms with Gasteiger partial charge in [-0.2, -0.15) is 0 Å². The summed E-state index contributed by atoms with van der Waals surface area (Å²) >= 11 is 0. The molecule has 0 aromatic carbocycles. The number of hydrogen-bond donors (Lipinski definition) is 1. The molecule has 0 rings (SSSR count). The van der Waals surface area contributed by atoms with E-state index in [1.54, 1.807) is 0 Å². The molecule has 1 unspecified atom stereocenters. The van der Waals surface area contributed by atoms with Gasteiger partial charge in [0.05, 0.1) is 12.7 Å². The lowest BCUT2D eigenvalue weighted by atomic mass is 10.1. The highest BCUT2D eigenvalue weighted by atomic mass is 16.5. The average molecular weight is 189 g/mol. The third-order valence-corrected chi connectivity index (χ3v) is 1.91. The molecule has 0 aliphatic carbocycles. The van der Waals surface area contributed by atoms with Crippen LogP contribution in [-0.2, 0) is 9.53 Å². The summed E-state index contributed by atoms with van der Waals surface area (Å²) in [5.74, 6) is 0.230. The van der Waals surface area contributed by atoms with Crippen LogP contribution in [0.25, 0.3) is 0 Å².